The smallest absolute Gasteiger partial charge is 0.223 e. The number of nitrogens with zero attached hydrogens (tertiary/aromatic N) is 1. The van der Waals surface area contributed by atoms with E-state index in [0.29, 0.717) is 17.0 Å². The Morgan fingerprint density at radius 1 is 1.27 bits per heavy atom. The van der Waals surface area contributed by atoms with Gasteiger partial charge in [0.1, 0.15) is 5.15 Å². The van der Waals surface area contributed by atoms with E-state index in [2.05, 4.69) is 34.6 Å². The molecule has 2 aliphatic carbocycles. The van der Waals surface area contributed by atoms with E-state index >= 15 is 0 Å². The fourth-order valence-electron chi connectivity index (χ4n) is 2.85. The molecule has 3 atom stereocenters. The van der Waals surface area contributed by atoms with Crippen LogP contribution in [-0.2, 0) is 4.79 Å². The first kappa shape index (κ1) is 15.0. The maximum Gasteiger partial charge on any atom is 0.223 e. The number of aromatic nitrogens is 1. The van der Waals surface area contributed by atoms with Gasteiger partial charge in [-0.3, -0.25) is 4.79 Å². The highest BCUT2D eigenvalue weighted by Crippen LogP contribution is 2.46. The monoisotopic (exact) mass is 314 g/mol. The zero-order chi connectivity index (χ0) is 15.5. The average Bonchev–Trinajstić information content (AvgIpc) is 3.31. The summed E-state index contributed by atoms with van der Waals surface area (Å²) in [5.74, 6) is 1.02. The van der Waals surface area contributed by atoms with Crippen molar-refractivity contribution in [2.75, 3.05) is 0 Å². The van der Waals surface area contributed by atoms with Crippen molar-refractivity contribution in [2.45, 2.75) is 19.4 Å². The van der Waals surface area contributed by atoms with Gasteiger partial charge < -0.3 is 5.32 Å². The summed E-state index contributed by atoms with van der Waals surface area (Å²) in [5, 5.41) is 3.54. The first-order chi connectivity index (χ1) is 10.6. The third-order valence-electron chi connectivity index (χ3n) is 4.28. The molecule has 0 radical (unpaired) electrons. The lowest BCUT2D eigenvalue weighted by atomic mass is 10.0. The number of carbonyl (C=O) groups is 1. The normalized spacial score (nSPS) is 24.8. The molecule has 3 nitrogen and oxygen atoms in total. The Bertz CT molecular complexity index is 617. The SMILES string of the molecule is CC(NC(=O)C1CC1C1C=CC=CC=C1)c1ccc(Cl)nc1. The molecule has 0 saturated heterocycles. The van der Waals surface area contributed by atoms with E-state index in [1.807, 2.05) is 25.1 Å². The fraction of sp³-hybridized carbons (Fsp3) is 0.333. The molecular formula is C18H19ClN2O. The van der Waals surface area contributed by atoms with Crippen molar-refractivity contribution >= 4 is 17.5 Å². The van der Waals surface area contributed by atoms with Crippen LogP contribution in [0.25, 0.3) is 0 Å². The van der Waals surface area contributed by atoms with Crippen molar-refractivity contribution in [1.82, 2.24) is 10.3 Å². The van der Waals surface area contributed by atoms with E-state index in [1.165, 1.54) is 0 Å². The largest absolute Gasteiger partial charge is 0.349 e. The van der Waals surface area contributed by atoms with Gasteiger partial charge in [-0.2, -0.15) is 0 Å². The van der Waals surface area contributed by atoms with E-state index in [-0.39, 0.29) is 17.9 Å². The van der Waals surface area contributed by atoms with Crippen LogP contribution in [0.15, 0.2) is 54.8 Å². The van der Waals surface area contributed by atoms with E-state index < -0.39 is 0 Å². The second-order valence-electron chi connectivity index (χ2n) is 5.88. The molecule has 1 amide bonds. The van der Waals surface area contributed by atoms with Crippen molar-refractivity contribution < 1.29 is 4.79 Å². The Balaban J connectivity index is 1.56. The Labute approximate surface area is 135 Å². The summed E-state index contributed by atoms with van der Waals surface area (Å²) in [6.07, 6.45) is 15.2. The van der Waals surface area contributed by atoms with Gasteiger partial charge in [-0.15, -0.1) is 0 Å². The van der Waals surface area contributed by atoms with Crippen LogP contribution in [0, 0.1) is 17.8 Å². The molecule has 4 heteroatoms. The number of pyridine rings is 1. The number of rotatable bonds is 4. The van der Waals surface area contributed by atoms with Gasteiger partial charge in [0.25, 0.3) is 0 Å². The standard InChI is InChI=1S/C18H19ClN2O/c1-12(14-8-9-17(19)20-11-14)21-18(22)16-10-15(16)13-6-4-2-3-5-7-13/h2-9,11-13,15-16H,10H2,1H3,(H,21,22). The minimum absolute atomic E-state index is 0.0552. The van der Waals surface area contributed by atoms with Gasteiger partial charge in [-0.25, -0.2) is 4.98 Å². The van der Waals surface area contributed by atoms with E-state index in [0.717, 1.165) is 12.0 Å². The molecule has 1 N–H and O–H groups in total. The summed E-state index contributed by atoms with van der Waals surface area (Å²) >= 11 is 5.78. The van der Waals surface area contributed by atoms with Crippen molar-refractivity contribution in [3.8, 4) is 0 Å². The Morgan fingerprint density at radius 3 is 2.64 bits per heavy atom. The Morgan fingerprint density at radius 2 is 2.00 bits per heavy atom. The van der Waals surface area contributed by atoms with Crippen molar-refractivity contribution in [1.29, 1.82) is 0 Å². The predicted molar refractivity (Wildman–Crippen MR) is 88.3 cm³/mol. The molecule has 2 aliphatic rings. The highest BCUT2D eigenvalue weighted by atomic mass is 35.5. The van der Waals surface area contributed by atoms with E-state index in [4.69, 9.17) is 11.6 Å². The van der Waals surface area contributed by atoms with Crippen LogP contribution in [0.4, 0.5) is 0 Å². The van der Waals surface area contributed by atoms with Crippen molar-refractivity contribution in [2.24, 2.45) is 17.8 Å². The number of amides is 1. The van der Waals surface area contributed by atoms with Gasteiger partial charge >= 0.3 is 0 Å². The lowest BCUT2D eigenvalue weighted by Gasteiger charge is -2.14. The molecule has 0 spiro atoms. The number of hydrogen-bond acceptors (Lipinski definition) is 2. The minimum atomic E-state index is -0.0552. The third kappa shape index (κ3) is 3.47. The molecule has 1 aromatic rings. The molecule has 22 heavy (non-hydrogen) atoms. The highest BCUT2D eigenvalue weighted by molar-refractivity contribution is 6.29. The maximum atomic E-state index is 12.4. The number of carbonyl (C=O) groups excluding carboxylic acids is 1. The molecule has 1 aromatic heterocycles. The summed E-state index contributed by atoms with van der Waals surface area (Å²) in [6, 6.07) is 3.58. The minimum Gasteiger partial charge on any atom is -0.349 e. The first-order valence-corrected chi connectivity index (χ1v) is 7.96. The molecule has 3 rings (SSSR count). The van der Waals surface area contributed by atoms with Crippen LogP contribution in [0.3, 0.4) is 0 Å². The zero-order valence-corrected chi connectivity index (χ0v) is 13.2. The van der Waals surface area contributed by atoms with Crippen LogP contribution in [0.2, 0.25) is 5.15 Å². The number of halogens is 1. The number of allylic oxidation sites excluding steroid dienone is 6. The lowest BCUT2D eigenvalue weighted by Crippen LogP contribution is -2.29. The van der Waals surface area contributed by atoms with Gasteiger partial charge in [-0.05, 0) is 36.8 Å². The molecule has 1 fully saturated rings. The van der Waals surface area contributed by atoms with Crippen LogP contribution in [0.1, 0.15) is 24.9 Å². The van der Waals surface area contributed by atoms with Gasteiger partial charge in [0.2, 0.25) is 5.91 Å². The van der Waals surface area contributed by atoms with Gasteiger partial charge in [0.15, 0.2) is 0 Å². The van der Waals surface area contributed by atoms with E-state index in [1.54, 1.807) is 12.3 Å². The van der Waals surface area contributed by atoms with Crippen LogP contribution >= 0.6 is 11.6 Å². The van der Waals surface area contributed by atoms with Crippen LogP contribution < -0.4 is 5.32 Å². The van der Waals surface area contributed by atoms with Crippen LogP contribution in [-0.4, -0.2) is 10.9 Å². The third-order valence-corrected chi connectivity index (χ3v) is 4.50. The summed E-state index contributed by atoms with van der Waals surface area (Å²) in [6.45, 7) is 1.97. The number of hydrogen-bond donors (Lipinski definition) is 1. The molecule has 0 bridgehead atoms. The molecule has 1 saturated carbocycles. The molecular weight excluding hydrogens is 296 g/mol. The predicted octanol–water partition coefficient (Wildman–Crippen LogP) is 3.85. The lowest BCUT2D eigenvalue weighted by molar-refractivity contribution is -0.123. The van der Waals surface area contributed by atoms with Gasteiger partial charge in [-0.1, -0.05) is 54.1 Å². The maximum absolute atomic E-state index is 12.4. The summed E-state index contributed by atoms with van der Waals surface area (Å²) in [7, 11) is 0. The fourth-order valence-corrected chi connectivity index (χ4v) is 2.96. The molecule has 0 aliphatic heterocycles. The molecule has 0 aromatic carbocycles. The average molecular weight is 315 g/mol. The Hall–Kier alpha value is -1.87. The number of nitrogens with one attached hydrogen (secondary N) is 1. The molecule has 3 unspecified atom stereocenters. The van der Waals surface area contributed by atoms with Gasteiger partial charge in [0, 0.05) is 12.1 Å². The zero-order valence-electron chi connectivity index (χ0n) is 12.4. The summed E-state index contributed by atoms with van der Waals surface area (Å²) < 4.78 is 0. The first-order valence-electron chi connectivity index (χ1n) is 7.58. The summed E-state index contributed by atoms with van der Waals surface area (Å²) in [4.78, 5) is 16.4. The second-order valence-corrected chi connectivity index (χ2v) is 6.27. The van der Waals surface area contributed by atoms with Crippen molar-refractivity contribution in [3.63, 3.8) is 0 Å². The Kier molecular flexibility index (Phi) is 4.44. The highest BCUT2D eigenvalue weighted by Gasteiger charge is 2.46. The summed E-state index contributed by atoms with van der Waals surface area (Å²) in [5.41, 5.74) is 0.966. The molecule has 114 valence electrons. The quantitative estimate of drug-likeness (QED) is 0.858. The van der Waals surface area contributed by atoms with Gasteiger partial charge in [0.05, 0.1) is 6.04 Å². The van der Waals surface area contributed by atoms with E-state index in [9.17, 15) is 4.79 Å². The van der Waals surface area contributed by atoms with Crippen LogP contribution in [0.5, 0.6) is 0 Å². The second kappa shape index (κ2) is 6.49. The van der Waals surface area contributed by atoms with Crippen molar-refractivity contribution in [3.05, 3.63) is 65.5 Å². The molecule has 1 heterocycles. The topological polar surface area (TPSA) is 42.0 Å².